The summed E-state index contributed by atoms with van der Waals surface area (Å²) in [6.45, 7) is 4.54. The minimum absolute atomic E-state index is 0.130. The first kappa shape index (κ1) is 14.0. The molecule has 1 aromatic carbocycles. The standard InChI is InChI=1S/C15H23N3O/c1-12(16-2)15(19)18-10-9-17(3)11-14(18)13-7-5-4-6-8-13/h4-8,12,14,16H,9-11H2,1-3H3. The van der Waals surface area contributed by atoms with Gasteiger partial charge in [-0.2, -0.15) is 0 Å². The van der Waals surface area contributed by atoms with E-state index in [1.807, 2.05) is 37.1 Å². The lowest BCUT2D eigenvalue weighted by Crippen LogP contribution is -2.53. The van der Waals surface area contributed by atoms with Crippen molar-refractivity contribution in [1.82, 2.24) is 15.1 Å². The van der Waals surface area contributed by atoms with Crippen molar-refractivity contribution in [3.8, 4) is 0 Å². The predicted molar refractivity (Wildman–Crippen MR) is 76.9 cm³/mol. The summed E-state index contributed by atoms with van der Waals surface area (Å²) in [6, 6.07) is 10.3. The Morgan fingerprint density at radius 3 is 2.63 bits per heavy atom. The fourth-order valence-electron chi connectivity index (χ4n) is 2.52. The van der Waals surface area contributed by atoms with E-state index in [2.05, 4.69) is 29.4 Å². The molecule has 0 spiro atoms. The molecular formula is C15H23N3O. The molecule has 4 nitrogen and oxygen atoms in total. The number of nitrogens with one attached hydrogen (secondary N) is 1. The normalized spacial score (nSPS) is 22.3. The van der Waals surface area contributed by atoms with E-state index < -0.39 is 0 Å². The summed E-state index contributed by atoms with van der Waals surface area (Å²) >= 11 is 0. The van der Waals surface area contributed by atoms with Gasteiger partial charge < -0.3 is 15.1 Å². The van der Waals surface area contributed by atoms with Crippen molar-refractivity contribution >= 4 is 5.91 Å². The van der Waals surface area contributed by atoms with Crippen LogP contribution in [0.4, 0.5) is 0 Å². The second-order valence-electron chi connectivity index (χ2n) is 5.23. The molecule has 0 bridgehead atoms. The summed E-state index contributed by atoms with van der Waals surface area (Å²) in [7, 11) is 3.94. The molecule has 4 heteroatoms. The third-order valence-electron chi connectivity index (χ3n) is 3.85. The van der Waals surface area contributed by atoms with Gasteiger partial charge in [-0.1, -0.05) is 30.3 Å². The number of benzene rings is 1. The van der Waals surface area contributed by atoms with E-state index in [4.69, 9.17) is 0 Å². The van der Waals surface area contributed by atoms with Gasteiger partial charge in [0.05, 0.1) is 12.1 Å². The number of rotatable bonds is 3. The van der Waals surface area contributed by atoms with Gasteiger partial charge in [-0.05, 0) is 26.6 Å². The van der Waals surface area contributed by atoms with Gasteiger partial charge in [0.1, 0.15) is 0 Å². The Bertz CT molecular complexity index is 421. The highest BCUT2D eigenvalue weighted by molar-refractivity contribution is 5.82. The van der Waals surface area contributed by atoms with Crippen LogP contribution in [0.2, 0.25) is 0 Å². The van der Waals surface area contributed by atoms with Crippen LogP contribution in [0.15, 0.2) is 30.3 Å². The number of carbonyl (C=O) groups is 1. The molecular weight excluding hydrogens is 238 g/mol. The number of likely N-dealkylation sites (N-methyl/N-ethyl adjacent to an activating group) is 2. The topological polar surface area (TPSA) is 35.6 Å². The zero-order valence-corrected chi connectivity index (χ0v) is 12.0. The van der Waals surface area contributed by atoms with Crippen molar-refractivity contribution in [2.45, 2.75) is 19.0 Å². The number of carbonyl (C=O) groups excluding carboxylic acids is 1. The molecule has 1 aliphatic rings. The van der Waals surface area contributed by atoms with E-state index in [1.54, 1.807) is 0 Å². The lowest BCUT2D eigenvalue weighted by molar-refractivity contribution is -0.137. The maximum atomic E-state index is 12.5. The van der Waals surface area contributed by atoms with E-state index in [1.165, 1.54) is 5.56 Å². The molecule has 1 N–H and O–H groups in total. The third-order valence-corrected chi connectivity index (χ3v) is 3.85. The first-order chi connectivity index (χ1) is 9.13. The van der Waals surface area contributed by atoms with E-state index in [0.717, 1.165) is 19.6 Å². The summed E-state index contributed by atoms with van der Waals surface area (Å²) in [5, 5.41) is 3.04. The van der Waals surface area contributed by atoms with E-state index in [9.17, 15) is 4.79 Å². The molecule has 0 aromatic heterocycles. The minimum Gasteiger partial charge on any atom is -0.332 e. The van der Waals surface area contributed by atoms with Gasteiger partial charge in [-0.25, -0.2) is 0 Å². The lowest BCUT2D eigenvalue weighted by atomic mass is 10.0. The Hall–Kier alpha value is -1.39. The Morgan fingerprint density at radius 1 is 1.32 bits per heavy atom. The molecule has 19 heavy (non-hydrogen) atoms. The molecule has 0 saturated carbocycles. The first-order valence-corrected chi connectivity index (χ1v) is 6.84. The second kappa shape index (κ2) is 6.17. The maximum Gasteiger partial charge on any atom is 0.240 e. The Labute approximate surface area is 115 Å². The molecule has 1 amide bonds. The zero-order chi connectivity index (χ0) is 13.8. The van der Waals surface area contributed by atoms with Gasteiger partial charge in [0, 0.05) is 19.6 Å². The Morgan fingerprint density at radius 2 is 2.00 bits per heavy atom. The van der Waals surface area contributed by atoms with Crippen LogP contribution in [0.1, 0.15) is 18.5 Å². The molecule has 1 aromatic rings. The number of hydrogen-bond acceptors (Lipinski definition) is 3. The molecule has 0 radical (unpaired) electrons. The average Bonchev–Trinajstić information content (AvgIpc) is 2.46. The van der Waals surface area contributed by atoms with Crippen LogP contribution < -0.4 is 5.32 Å². The van der Waals surface area contributed by atoms with Gasteiger partial charge in [0.25, 0.3) is 0 Å². The fourth-order valence-corrected chi connectivity index (χ4v) is 2.52. The van der Waals surface area contributed by atoms with Crippen LogP contribution in [0, 0.1) is 0 Å². The Kier molecular flexibility index (Phi) is 4.56. The monoisotopic (exact) mass is 261 g/mol. The summed E-state index contributed by atoms with van der Waals surface area (Å²) in [5.74, 6) is 0.185. The van der Waals surface area contributed by atoms with Crippen LogP contribution in [0.5, 0.6) is 0 Å². The van der Waals surface area contributed by atoms with Crippen LogP contribution in [0.25, 0.3) is 0 Å². The van der Waals surface area contributed by atoms with Gasteiger partial charge in [-0.3, -0.25) is 4.79 Å². The van der Waals surface area contributed by atoms with Crippen LogP contribution in [-0.2, 0) is 4.79 Å². The van der Waals surface area contributed by atoms with Crippen molar-refractivity contribution in [2.24, 2.45) is 0 Å². The van der Waals surface area contributed by atoms with Crippen LogP contribution in [0.3, 0.4) is 0 Å². The third kappa shape index (κ3) is 3.14. The van der Waals surface area contributed by atoms with Crippen molar-refractivity contribution < 1.29 is 4.79 Å². The van der Waals surface area contributed by atoms with Crippen molar-refractivity contribution in [3.05, 3.63) is 35.9 Å². The highest BCUT2D eigenvalue weighted by atomic mass is 16.2. The van der Waals surface area contributed by atoms with Gasteiger partial charge in [0.15, 0.2) is 0 Å². The molecule has 1 heterocycles. The molecule has 0 aliphatic carbocycles. The SMILES string of the molecule is CNC(C)C(=O)N1CCN(C)CC1c1ccccc1. The first-order valence-electron chi connectivity index (χ1n) is 6.84. The van der Waals surface area contributed by atoms with E-state index >= 15 is 0 Å². The summed E-state index contributed by atoms with van der Waals surface area (Å²) in [4.78, 5) is 16.8. The van der Waals surface area contributed by atoms with Crippen molar-refractivity contribution in [2.75, 3.05) is 33.7 Å². The molecule has 1 aliphatic heterocycles. The smallest absolute Gasteiger partial charge is 0.240 e. The number of piperazine rings is 1. The molecule has 1 fully saturated rings. The van der Waals surface area contributed by atoms with Gasteiger partial charge in [0.2, 0.25) is 5.91 Å². The predicted octanol–water partition coefficient (Wildman–Crippen LogP) is 1.11. The van der Waals surface area contributed by atoms with Crippen molar-refractivity contribution in [3.63, 3.8) is 0 Å². The molecule has 2 atom stereocenters. The van der Waals surface area contributed by atoms with Crippen LogP contribution >= 0.6 is 0 Å². The Balaban J connectivity index is 2.22. The fraction of sp³-hybridized carbons (Fsp3) is 0.533. The number of nitrogens with zero attached hydrogens (tertiary/aromatic N) is 2. The zero-order valence-electron chi connectivity index (χ0n) is 12.0. The van der Waals surface area contributed by atoms with Gasteiger partial charge in [-0.15, -0.1) is 0 Å². The second-order valence-corrected chi connectivity index (χ2v) is 5.23. The highest BCUT2D eigenvalue weighted by Gasteiger charge is 2.31. The highest BCUT2D eigenvalue weighted by Crippen LogP contribution is 2.25. The van der Waals surface area contributed by atoms with Crippen molar-refractivity contribution in [1.29, 1.82) is 0 Å². The largest absolute Gasteiger partial charge is 0.332 e. The molecule has 2 unspecified atom stereocenters. The van der Waals surface area contributed by atoms with E-state index in [0.29, 0.717) is 0 Å². The number of amides is 1. The molecule has 104 valence electrons. The van der Waals surface area contributed by atoms with Gasteiger partial charge >= 0.3 is 0 Å². The minimum atomic E-state index is -0.130. The molecule has 1 saturated heterocycles. The van der Waals surface area contributed by atoms with E-state index in [-0.39, 0.29) is 18.0 Å². The summed E-state index contributed by atoms with van der Waals surface area (Å²) in [6.07, 6.45) is 0. The maximum absolute atomic E-state index is 12.5. The quantitative estimate of drug-likeness (QED) is 0.885. The molecule has 2 rings (SSSR count). The lowest BCUT2D eigenvalue weighted by Gasteiger charge is -2.41. The van der Waals surface area contributed by atoms with Crippen LogP contribution in [-0.4, -0.2) is 55.5 Å². The summed E-state index contributed by atoms with van der Waals surface area (Å²) in [5.41, 5.74) is 1.21. The average molecular weight is 261 g/mol. The number of hydrogen-bond donors (Lipinski definition) is 1. The summed E-state index contributed by atoms with van der Waals surface area (Å²) < 4.78 is 0.